The molecule has 1 aromatic carbocycles. The fourth-order valence-electron chi connectivity index (χ4n) is 1.43. The molecular formula is C12H17O2. The van der Waals surface area contributed by atoms with Gasteiger partial charge in [0, 0.05) is 13.2 Å². The van der Waals surface area contributed by atoms with Crippen LogP contribution < -0.4 is 0 Å². The average molecular weight is 193 g/mol. The van der Waals surface area contributed by atoms with Gasteiger partial charge in [-0.25, -0.2) is 0 Å². The first-order valence-electron chi connectivity index (χ1n) is 5.07. The molecule has 1 rings (SSSR count). The van der Waals surface area contributed by atoms with Crippen molar-refractivity contribution in [3.63, 3.8) is 0 Å². The van der Waals surface area contributed by atoms with Gasteiger partial charge in [0.1, 0.15) is 0 Å². The van der Waals surface area contributed by atoms with Gasteiger partial charge >= 0.3 is 0 Å². The summed E-state index contributed by atoms with van der Waals surface area (Å²) in [6, 6.07) is 9.12. The lowest BCUT2D eigenvalue weighted by Crippen LogP contribution is -1.93. The number of hydrogen-bond donors (Lipinski definition) is 2. The maximum Gasteiger partial charge on any atom is 0.0434 e. The minimum absolute atomic E-state index is 0.237. The summed E-state index contributed by atoms with van der Waals surface area (Å²) in [5.41, 5.74) is 2.43. The van der Waals surface area contributed by atoms with E-state index >= 15 is 0 Å². The Kier molecular flexibility index (Phi) is 5.27. The van der Waals surface area contributed by atoms with Crippen LogP contribution in [0.15, 0.2) is 18.2 Å². The summed E-state index contributed by atoms with van der Waals surface area (Å²) in [5.74, 6) is 0. The molecule has 0 unspecified atom stereocenters. The zero-order valence-corrected chi connectivity index (χ0v) is 8.37. The fraction of sp³-hybridized carbons (Fsp3) is 0.500. The number of rotatable bonds is 6. The molecule has 0 bridgehead atoms. The third-order valence-corrected chi connectivity index (χ3v) is 2.16. The molecule has 77 valence electrons. The second-order valence-electron chi connectivity index (χ2n) is 3.40. The number of benzene rings is 1. The van der Waals surface area contributed by atoms with E-state index in [2.05, 4.69) is 12.1 Å². The van der Waals surface area contributed by atoms with Gasteiger partial charge < -0.3 is 10.2 Å². The third kappa shape index (κ3) is 3.90. The van der Waals surface area contributed by atoms with Crippen LogP contribution in [0.5, 0.6) is 0 Å². The van der Waals surface area contributed by atoms with Crippen molar-refractivity contribution in [3.8, 4) is 0 Å². The van der Waals surface area contributed by atoms with Crippen LogP contribution in [-0.2, 0) is 12.8 Å². The van der Waals surface area contributed by atoms with Crippen molar-refractivity contribution in [2.24, 2.45) is 0 Å². The summed E-state index contributed by atoms with van der Waals surface area (Å²) < 4.78 is 0. The summed E-state index contributed by atoms with van der Waals surface area (Å²) in [6.45, 7) is 0.474. The molecule has 0 amide bonds. The molecule has 0 aliphatic heterocycles. The van der Waals surface area contributed by atoms with Crippen molar-refractivity contribution in [2.45, 2.75) is 25.7 Å². The van der Waals surface area contributed by atoms with Gasteiger partial charge in [-0.3, -0.25) is 0 Å². The summed E-state index contributed by atoms with van der Waals surface area (Å²) in [4.78, 5) is 0. The van der Waals surface area contributed by atoms with Crippen LogP contribution in [0, 0.1) is 6.07 Å². The molecule has 1 radical (unpaired) electrons. The molecule has 0 saturated carbocycles. The molecule has 0 aliphatic carbocycles. The molecule has 2 N–H and O–H groups in total. The summed E-state index contributed by atoms with van der Waals surface area (Å²) in [5, 5.41) is 17.4. The van der Waals surface area contributed by atoms with Crippen molar-refractivity contribution < 1.29 is 10.2 Å². The van der Waals surface area contributed by atoms with Crippen LogP contribution in [-0.4, -0.2) is 23.4 Å². The first-order valence-corrected chi connectivity index (χ1v) is 5.07. The summed E-state index contributed by atoms with van der Waals surface area (Å²) in [6.07, 6.45) is 3.41. The number of hydrogen-bond acceptors (Lipinski definition) is 2. The van der Waals surface area contributed by atoms with Crippen LogP contribution in [0.25, 0.3) is 0 Å². The predicted molar refractivity (Wildman–Crippen MR) is 56.1 cm³/mol. The standard InChI is InChI=1S/C12H17O2/c13-8-2-6-11-4-1-5-12(10-11)7-3-9-14/h4-5,10,13-14H,2-3,6-9H2. The fourth-order valence-corrected chi connectivity index (χ4v) is 1.43. The molecule has 0 saturated heterocycles. The maximum absolute atomic E-state index is 8.70. The quantitative estimate of drug-likeness (QED) is 0.715. The number of aliphatic hydroxyl groups is 2. The van der Waals surface area contributed by atoms with E-state index in [1.165, 1.54) is 11.1 Å². The molecule has 2 nitrogen and oxygen atoms in total. The van der Waals surface area contributed by atoms with Gasteiger partial charge in [-0.05, 0) is 42.9 Å². The van der Waals surface area contributed by atoms with E-state index in [-0.39, 0.29) is 13.2 Å². The average Bonchev–Trinajstić information content (AvgIpc) is 2.24. The highest BCUT2D eigenvalue weighted by Gasteiger charge is 1.96. The molecule has 0 heterocycles. The van der Waals surface area contributed by atoms with Crippen LogP contribution >= 0.6 is 0 Å². The molecule has 0 atom stereocenters. The molecule has 0 fully saturated rings. The zero-order valence-electron chi connectivity index (χ0n) is 8.37. The van der Waals surface area contributed by atoms with Crippen LogP contribution in [0.4, 0.5) is 0 Å². The highest BCUT2D eigenvalue weighted by atomic mass is 16.3. The van der Waals surface area contributed by atoms with Gasteiger partial charge in [0.2, 0.25) is 0 Å². The SMILES string of the molecule is OCCCc1c[c]cc(CCCO)c1. The van der Waals surface area contributed by atoms with Gasteiger partial charge in [-0.15, -0.1) is 0 Å². The first-order chi connectivity index (χ1) is 6.86. The first kappa shape index (κ1) is 11.2. The molecule has 0 aliphatic rings. The zero-order chi connectivity index (χ0) is 10.2. The van der Waals surface area contributed by atoms with Gasteiger partial charge in [0.05, 0.1) is 0 Å². The monoisotopic (exact) mass is 193 g/mol. The van der Waals surface area contributed by atoms with E-state index in [0.29, 0.717) is 0 Å². The van der Waals surface area contributed by atoms with E-state index in [0.717, 1.165) is 25.7 Å². The van der Waals surface area contributed by atoms with Crippen molar-refractivity contribution in [1.82, 2.24) is 0 Å². The Hall–Kier alpha value is -0.860. The van der Waals surface area contributed by atoms with E-state index in [1.54, 1.807) is 0 Å². The Bertz CT molecular complexity index is 235. The maximum atomic E-state index is 8.70. The van der Waals surface area contributed by atoms with Gasteiger partial charge in [0.25, 0.3) is 0 Å². The Labute approximate surface area is 85.2 Å². The lowest BCUT2D eigenvalue weighted by molar-refractivity contribution is 0.288. The second kappa shape index (κ2) is 6.57. The Morgan fingerprint density at radius 1 is 0.929 bits per heavy atom. The third-order valence-electron chi connectivity index (χ3n) is 2.16. The Balaban J connectivity index is 2.50. The molecular weight excluding hydrogens is 176 g/mol. The topological polar surface area (TPSA) is 40.5 Å². The molecule has 14 heavy (non-hydrogen) atoms. The lowest BCUT2D eigenvalue weighted by atomic mass is 10.0. The largest absolute Gasteiger partial charge is 0.396 e. The molecule has 0 aromatic heterocycles. The Morgan fingerprint density at radius 2 is 1.43 bits per heavy atom. The minimum Gasteiger partial charge on any atom is -0.396 e. The summed E-state index contributed by atoms with van der Waals surface area (Å²) >= 11 is 0. The van der Waals surface area contributed by atoms with Gasteiger partial charge in [0.15, 0.2) is 0 Å². The van der Waals surface area contributed by atoms with Gasteiger partial charge in [-0.2, -0.15) is 0 Å². The minimum atomic E-state index is 0.237. The number of aliphatic hydroxyl groups excluding tert-OH is 2. The van der Waals surface area contributed by atoms with Crippen molar-refractivity contribution in [2.75, 3.05) is 13.2 Å². The molecule has 2 heteroatoms. The van der Waals surface area contributed by atoms with E-state index in [4.69, 9.17) is 10.2 Å². The van der Waals surface area contributed by atoms with Crippen molar-refractivity contribution in [3.05, 3.63) is 35.4 Å². The van der Waals surface area contributed by atoms with Crippen LogP contribution in [0.2, 0.25) is 0 Å². The van der Waals surface area contributed by atoms with E-state index < -0.39 is 0 Å². The highest BCUT2D eigenvalue weighted by Crippen LogP contribution is 2.08. The van der Waals surface area contributed by atoms with Crippen molar-refractivity contribution in [1.29, 1.82) is 0 Å². The molecule has 1 aromatic rings. The number of aryl methyl sites for hydroxylation is 2. The van der Waals surface area contributed by atoms with Crippen LogP contribution in [0.1, 0.15) is 24.0 Å². The summed E-state index contributed by atoms with van der Waals surface area (Å²) in [7, 11) is 0. The van der Waals surface area contributed by atoms with Crippen LogP contribution in [0.3, 0.4) is 0 Å². The van der Waals surface area contributed by atoms with Gasteiger partial charge in [-0.1, -0.05) is 18.2 Å². The van der Waals surface area contributed by atoms with E-state index in [1.807, 2.05) is 12.1 Å². The van der Waals surface area contributed by atoms with Crippen molar-refractivity contribution >= 4 is 0 Å². The Morgan fingerprint density at radius 3 is 1.86 bits per heavy atom. The predicted octanol–water partition coefficient (Wildman–Crippen LogP) is 1.34. The lowest BCUT2D eigenvalue weighted by Gasteiger charge is -2.03. The van der Waals surface area contributed by atoms with E-state index in [9.17, 15) is 0 Å². The molecule has 0 spiro atoms. The highest BCUT2D eigenvalue weighted by molar-refractivity contribution is 5.22. The smallest absolute Gasteiger partial charge is 0.0434 e. The second-order valence-corrected chi connectivity index (χ2v) is 3.40. The normalized spacial score (nSPS) is 10.4.